The van der Waals surface area contributed by atoms with Crippen molar-refractivity contribution in [1.82, 2.24) is 9.97 Å². The van der Waals surface area contributed by atoms with E-state index in [1.165, 1.54) is 4.88 Å². The first kappa shape index (κ1) is 12.1. The molecule has 0 fully saturated rings. The number of aliphatic hydroxyl groups excluding tert-OH is 1. The number of anilines is 1. The number of nitrogens with zero attached hydrogens (tertiary/aromatic N) is 2. The standard InChI is InChI=1S/C11H15N3O2S/c1-3-7-6-8-9(16-5-4-15)13-11(12-2)14-10(8)17-7/h6,15H,3-5H2,1-2H3,(H,12,13,14). The third-order valence-corrected chi connectivity index (χ3v) is 3.48. The molecule has 17 heavy (non-hydrogen) atoms. The van der Waals surface area contributed by atoms with Gasteiger partial charge in [-0.25, -0.2) is 4.98 Å². The second-order valence-electron chi connectivity index (χ2n) is 3.46. The lowest BCUT2D eigenvalue weighted by Gasteiger charge is -2.06. The van der Waals surface area contributed by atoms with Crippen LogP contribution < -0.4 is 10.1 Å². The molecule has 0 saturated carbocycles. The molecule has 0 bridgehead atoms. The van der Waals surface area contributed by atoms with Gasteiger partial charge in [0, 0.05) is 11.9 Å². The third kappa shape index (κ3) is 2.48. The Kier molecular flexibility index (Phi) is 3.75. The maximum absolute atomic E-state index is 8.80. The first-order valence-electron chi connectivity index (χ1n) is 5.50. The first-order chi connectivity index (χ1) is 8.28. The SMILES string of the molecule is CCc1cc2c(OCCO)nc(NC)nc2s1. The van der Waals surface area contributed by atoms with Gasteiger partial charge in [-0.1, -0.05) is 6.92 Å². The van der Waals surface area contributed by atoms with Gasteiger partial charge in [-0.15, -0.1) is 11.3 Å². The van der Waals surface area contributed by atoms with Crippen LogP contribution in [0.3, 0.4) is 0 Å². The highest BCUT2D eigenvalue weighted by Gasteiger charge is 2.11. The zero-order valence-electron chi connectivity index (χ0n) is 9.86. The smallest absolute Gasteiger partial charge is 0.227 e. The van der Waals surface area contributed by atoms with Gasteiger partial charge in [0.15, 0.2) is 0 Å². The minimum Gasteiger partial charge on any atom is -0.475 e. The van der Waals surface area contributed by atoms with Crippen molar-refractivity contribution in [1.29, 1.82) is 0 Å². The zero-order chi connectivity index (χ0) is 12.3. The van der Waals surface area contributed by atoms with Gasteiger partial charge in [-0.2, -0.15) is 4.98 Å². The van der Waals surface area contributed by atoms with Crippen LogP contribution in [0.1, 0.15) is 11.8 Å². The summed E-state index contributed by atoms with van der Waals surface area (Å²) in [4.78, 5) is 10.8. The molecular weight excluding hydrogens is 238 g/mol. The molecule has 0 aromatic carbocycles. The summed E-state index contributed by atoms with van der Waals surface area (Å²) in [6, 6.07) is 2.05. The number of aromatic nitrogens is 2. The van der Waals surface area contributed by atoms with Crippen LogP contribution in [-0.4, -0.2) is 35.3 Å². The molecule has 0 unspecified atom stereocenters. The lowest BCUT2D eigenvalue weighted by Crippen LogP contribution is -2.05. The summed E-state index contributed by atoms with van der Waals surface area (Å²) in [5.74, 6) is 1.07. The van der Waals surface area contributed by atoms with Crippen molar-refractivity contribution in [3.05, 3.63) is 10.9 Å². The number of fused-ring (bicyclic) bond motifs is 1. The Morgan fingerprint density at radius 3 is 2.94 bits per heavy atom. The van der Waals surface area contributed by atoms with Crippen LogP contribution >= 0.6 is 11.3 Å². The molecule has 2 rings (SSSR count). The van der Waals surface area contributed by atoms with E-state index in [4.69, 9.17) is 9.84 Å². The summed E-state index contributed by atoms with van der Waals surface area (Å²) in [5.41, 5.74) is 0. The van der Waals surface area contributed by atoms with E-state index in [2.05, 4.69) is 22.2 Å². The number of hydrogen-bond acceptors (Lipinski definition) is 6. The fourth-order valence-electron chi connectivity index (χ4n) is 1.48. The fourth-order valence-corrected chi connectivity index (χ4v) is 2.44. The average molecular weight is 253 g/mol. The second-order valence-corrected chi connectivity index (χ2v) is 4.57. The third-order valence-electron chi connectivity index (χ3n) is 2.31. The summed E-state index contributed by atoms with van der Waals surface area (Å²) in [5, 5.41) is 12.6. The summed E-state index contributed by atoms with van der Waals surface area (Å²) in [7, 11) is 1.77. The van der Waals surface area contributed by atoms with E-state index in [1.54, 1.807) is 18.4 Å². The van der Waals surface area contributed by atoms with Gasteiger partial charge < -0.3 is 15.2 Å². The van der Waals surface area contributed by atoms with Crippen molar-refractivity contribution in [2.45, 2.75) is 13.3 Å². The molecule has 0 aliphatic heterocycles. The summed E-state index contributed by atoms with van der Waals surface area (Å²) in [6.07, 6.45) is 0.968. The minimum absolute atomic E-state index is 0.0227. The molecule has 2 heterocycles. The van der Waals surface area contributed by atoms with E-state index >= 15 is 0 Å². The van der Waals surface area contributed by atoms with Gasteiger partial charge in [0.1, 0.15) is 11.4 Å². The van der Waals surface area contributed by atoms with Gasteiger partial charge in [0.25, 0.3) is 0 Å². The van der Waals surface area contributed by atoms with Crippen molar-refractivity contribution >= 4 is 27.5 Å². The largest absolute Gasteiger partial charge is 0.475 e. The average Bonchev–Trinajstić information content (AvgIpc) is 2.78. The highest BCUT2D eigenvalue weighted by Crippen LogP contribution is 2.31. The molecular formula is C11H15N3O2S. The van der Waals surface area contributed by atoms with Crippen molar-refractivity contribution in [2.75, 3.05) is 25.6 Å². The number of aryl methyl sites for hydroxylation is 1. The Hall–Kier alpha value is -1.40. The van der Waals surface area contributed by atoms with Crippen LogP contribution in [0.15, 0.2) is 6.07 Å². The van der Waals surface area contributed by atoms with E-state index in [0.29, 0.717) is 11.8 Å². The maximum Gasteiger partial charge on any atom is 0.227 e. The maximum atomic E-state index is 8.80. The van der Waals surface area contributed by atoms with Crippen LogP contribution in [0.5, 0.6) is 5.88 Å². The van der Waals surface area contributed by atoms with Crippen LogP contribution in [0.2, 0.25) is 0 Å². The predicted octanol–water partition coefficient (Wildman–Crippen LogP) is 1.67. The molecule has 5 nitrogen and oxygen atoms in total. The number of thiophene rings is 1. The number of nitrogens with one attached hydrogen (secondary N) is 1. The topological polar surface area (TPSA) is 67.3 Å². The van der Waals surface area contributed by atoms with Crippen molar-refractivity contribution < 1.29 is 9.84 Å². The van der Waals surface area contributed by atoms with Crippen molar-refractivity contribution in [3.8, 4) is 5.88 Å². The Balaban J connectivity index is 2.48. The predicted molar refractivity (Wildman–Crippen MR) is 68.9 cm³/mol. The molecule has 0 radical (unpaired) electrons. The number of rotatable bonds is 5. The minimum atomic E-state index is -0.0227. The molecule has 2 N–H and O–H groups in total. The van der Waals surface area contributed by atoms with Gasteiger partial charge in [0.05, 0.1) is 12.0 Å². The quantitative estimate of drug-likeness (QED) is 0.848. The molecule has 0 amide bonds. The highest BCUT2D eigenvalue weighted by atomic mass is 32.1. The van der Waals surface area contributed by atoms with Gasteiger partial charge in [-0.05, 0) is 12.5 Å². The second kappa shape index (κ2) is 5.29. The Bertz CT molecular complexity index is 513. The van der Waals surface area contributed by atoms with Gasteiger partial charge >= 0.3 is 0 Å². The summed E-state index contributed by atoms with van der Waals surface area (Å²) >= 11 is 1.64. The van der Waals surface area contributed by atoms with Crippen LogP contribution in [0.25, 0.3) is 10.2 Å². The van der Waals surface area contributed by atoms with Crippen LogP contribution in [0.4, 0.5) is 5.95 Å². The number of ether oxygens (including phenoxy) is 1. The Morgan fingerprint density at radius 2 is 2.29 bits per heavy atom. The zero-order valence-corrected chi connectivity index (χ0v) is 10.7. The molecule has 6 heteroatoms. The van der Waals surface area contributed by atoms with Crippen LogP contribution in [0, 0.1) is 0 Å². The lowest BCUT2D eigenvalue weighted by atomic mass is 10.3. The first-order valence-corrected chi connectivity index (χ1v) is 6.32. The fraction of sp³-hybridized carbons (Fsp3) is 0.455. The molecule has 0 aliphatic carbocycles. The monoisotopic (exact) mass is 253 g/mol. The summed E-state index contributed by atoms with van der Waals surface area (Å²) < 4.78 is 5.43. The van der Waals surface area contributed by atoms with E-state index in [1.807, 2.05) is 6.07 Å². The highest BCUT2D eigenvalue weighted by molar-refractivity contribution is 7.18. The normalized spacial score (nSPS) is 10.8. The molecule has 0 saturated heterocycles. The van der Waals surface area contributed by atoms with Crippen LogP contribution in [-0.2, 0) is 6.42 Å². The molecule has 2 aromatic heterocycles. The van der Waals surface area contributed by atoms with E-state index in [0.717, 1.165) is 16.6 Å². The van der Waals surface area contributed by atoms with Crippen molar-refractivity contribution in [3.63, 3.8) is 0 Å². The molecule has 0 aliphatic rings. The molecule has 0 spiro atoms. The van der Waals surface area contributed by atoms with Gasteiger partial charge in [0.2, 0.25) is 11.8 Å². The van der Waals surface area contributed by atoms with Gasteiger partial charge in [-0.3, -0.25) is 0 Å². The van der Waals surface area contributed by atoms with E-state index < -0.39 is 0 Å². The van der Waals surface area contributed by atoms with E-state index in [-0.39, 0.29) is 13.2 Å². The molecule has 2 aromatic rings. The Labute approximate surface area is 103 Å². The molecule has 92 valence electrons. The Morgan fingerprint density at radius 1 is 1.47 bits per heavy atom. The lowest BCUT2D eigenvalue weighted by molar-refractivity contribution is 0.198. The molecule has 0 atom stereocenters. The number of aliphatic hydroxyl groups is 1. The van der Waals surface area contributed by atoms with Crippen molar-refractivity contribution in [2.24, 2.45) is 0 Å². The van der Waals surface area contributed by atoms with E-state index in [9.17, 15) is 0 Å². The summed E-state index contributed by atoms with van der Waals surface area (Å²) in [6.45, 7) is 2.32. The number of hydrogen-bond donors (Lipinski definition) is 2.